The van der Waals surface area contributed by atoms with Crippen LogP contribution in [0, 0.1) is 6.92 Å². The molecule has 0 aliphatic rings. The number of rotatable bonds is 2. The Hall–Kier alpha value is -2.30. The van der Waals surface area contributed by atoms with E-state index in [4.69, 9.17) is 5.21 Å². The SMILES string of the molecule is C/C(=N/O)c1c(C)[nH]n(-c2ccccc2)c1=O. The van der Waals surface area contributed by atoms with Crippen molar-refractivity contribution in [3.63, 3.8) is 0 Å². The van der Waals surface area contributed by atoms with Gasteiger partial charge in [-0.2, -0.15) is 0 Å². The van der Waals surface area contributed by atoms with Gasteiger partial charge in [0.25, 0.3) is 5.56 Å². The molecule has 5 nitrogen and oxygen atoms in total. The number of benzene rings is 1. The first-order valence-electron chi connectivity index (χ1n) is 5.21. The highest BCUT2D eigenvalue weighted by atomic mass is 16.4. The predicted octanol–water partition coefficient (Wildman–Crippen LogP) is 1.67. The summed E-state index contributed by atoms with van der Waals surface area (Å²) in [6.07, 6.45) is 0. The normalized spacial score (nSPS) is 11.8. The van der Waals surface area contributed by atoms with Crippen LogP contribution in [-0.4, -0.2) is 20.7 Å². The zero-order valence-corrected chi connectivity index (χ0v) is 9.64. The lowest BCUT2D eigenvalue weighted by Crippen LogP contribution is -2.19. The fourth-order valence-corrected chi connectivity index (χ4v) is 1.78. The summed E-state index contributed by atoms with van der Waals surface area (Å²) in [6.45, 7) is 3.36. The Balaban J connectivity index is 2.64. The molecule has 2 rings (SSSR count). The van der Waals surface area contributed by atoms with Gasteiger partial charge < -0.3 is 5.21 Å². The molecule has 1 aromatic carbocycles. The molecule has 0 bridgehead atoms. The van der Waals surface area contributed by atoms with E-state index in [1.165, 1.54) is 4.68 Å². The number of oxime groups is 1. The summed E-state index contributed by atoms with van der Waals surface area (Å²) in [5, 5.41) is 14.8. The Bertz CT molecular complexity index is 608. The van der Waals surface area contributed by atoms with E-state index in [0.29, 0.717) is 17.0 Å². The maximum Gasteiger partial charge on any atom is 0.280 e. The molecule has 1 aromatic heterocycles. The third kappa shape index (κ3) is 1.87. The molecule has 17 heavy (non-hydrogen) atoms. The average molecular weight is 231 g/mol. The van der Waals surface area contributed by atoms with Crippen LogP contribution in [0.3, 0.4) is 0 Å². The van der Waals surface area contributed by atoms with Gasteiger partial charge in [0.2, 0.25) is 0 Å². The molecule has 0 saturated carbocycles. The molecule has 5 heteroatoms. The summed E-state index contributed by atoms with van der Waals surface area (Å²) in [4.78, 5) is 12.1. The van der Waals surface area contributed by atoms with E-state index in [1.807, 2.05) is 30.3 Å². The number of para-hydroxylation sites is 1. The third-order valence-electron chi connectivity index (χ3n) is 2.60. The van der Waals surface area contributed by atoms with E-state index >= 15 is 0 Å². The zero-order valence-electron chi connectivity index (χ0n) is 9.64. The van der Waals surface area contributed by atoms with Crippen molar-refractivity contribution in [1.29, 1.82) is 0 Å². The van der Waals surface area contributed by atoms with Crippen LogP contribution < -0.4 is 5.56 Å². The number of hydrogen-bond donors (Lipinski definition) is 2. The quantitative estimate of drug-likeness (QED) is 0.469. The predicted molar refractivity (Wildman–Crippen MR) is 65.1 cm³/mol. The van der Waals surface area contributed by atoms with Crippen molar-refractivity contribution in [2.24, 2.45) is 5.16 Å². The molecule has 0 spiro atoms. The topological polar surface area (TPSA) is 70.4 Å². The molecular weight excluding hydrogens is 218 g/mol. The van der Waals surface area contributed by atoms with Crippen molar-refractivity contribution in [3.8, 4) is 5.69 Å². The smallest absolute Gasteiger partial charge is 0.280 e. The molecule has 0 aliphatic carbocycles. The number of aromatic nitrogens is 2. The molecule has 0 aliphatic heterocycles. The molecule has 0 fully saturated rings. The minimum absolute atomic E-state index is 0.219. The van der Waals surface area contributed by atoms with Crippen molar-refractivity contribution in [2.45, 2.75) is 13.8 Å². The fraction of sp³-hybridized carbons (Fsp3) is 0.167. The second-order valence-corrected chi connectivity index (χ2v) is 3.77. The van der Waals surface area contributed by atoms with Crippen molar-refractivity contribution >= 4 is 5.71 Å². The zero-order chi connectivity index (χ0) is 12.4. The van der Waals surface area contributed by atoms with E-state index in [1.54, 1.807) is 13.8 Å². The largest absolute Gasteiger partial charge is 0.411 e. The monoisotopic (exact) mass is 231 g/mol. The summed E-state index contributed by atoms with van der Waals surface area (Å²) in [7, 11) is 0. The third-order valence-corrected chi connectivity index (χ3v) is 2.60. The van der Waals surface area contributed by atoms with Crippen molar-refractivity contribution in [2.75, 3.05) is 0 Å². The Morgan fingerprint density at radius 1 is 1.35 bits per heavy atom. The van der Waals surface area contributed by atoms with E-state index in [9.17, 15) is 4.79 Å². The van der Waals surface area contributed by atoms with Crippen LogP contribution in [-0.2, 0) is 0 Å². The van der Waals surface area contributed by atoms with Crippen LogP contribution in [0.4, 0.5) is 0 Å². The van der Waals surface area contributed by atoms with Crippen LogP contribution in [0.1, 0.15) is 18.2 Å². The minimum atomic E-state index is -0.219. The van der Waals surface area contributed by atoms with Gasteiger partial charge in [0.15, 0.2) is 0 Å². The van der Waals surface area contributed by atoms with Crippen LogP contribution in [0.5, 0.6) is 0 Å². The number of H-pyrrole nitrogens is 1. The van der Waals surface area contributed by atoms with Gasteiger partial charge in [0.1, 0.15) is 0 Å². The number of aryl methyl sites for hydroxylation is 1. The lowest BCUT2D eigenvalue weighted by Gasteiger charge is -1.99. The van der Waals surface area contributed by atoms with Gasteiger partial charge in [0.05, 0.1) is 17.0 Å². The molecular formula is C12H13N3O2. The van der Waals surface area contributed by atoms with E-state index in [2.05, 4.69) is 10.3 Å². The van der Waals surface area contributed by atoms with E-state index in [-0.39, 0.29) is 5.56 Å². The van der Waals surface area contributed by atoms with Gasteiger partial charge in [-0.05, 0) is 26.0 Å². The van der Waals surface area contributed by atoms with Gasteiger partial charge in [-0.25, -0.2) is 4.68 Å². The Labute approximate surface area is 98.0 Å². The van der Waals surface area contributed by atoms with Gasteiger partial charge in [-0.3, -0.25) is 9.89 Å². The molecule has 88 valence electrons. The van der Waals surface area contributed by atoms with Gasteiger partial charge in [-0.1, -0.05) is 23.4 Å². The lowest BCUT2D eigenvalue weighted by molar-refractivity contribution is 0.319. The molecule has 2 aromatic rings. The lowest BCUT2D eigenvalue weighted by atomic mass is 10.2. The second-order valence-electron chi connectivity index (χ2n) is 3.77. The fourth-order valence-electron chi connectivity index (χ4n) is 1.78. The Morgan fingerprint density at radius 2 is 2.00 bits per heavy atom. The molecule has 0 unspecified atom stereocenters. The molecule has 1 heterocycles. The number of hydrogen-bond acceptors (Lipinski definition) is 3. The molecule has 2 N–H and O–H groups in total. The van der Waals surface area contributed by atoms with Crippen molar-refractivity contribution < 1.29 is 5.21 Å². The maximum absolute atomic E-state index is 12.1. The van der Waals surface area contributed by atoms with Crippen LogP contribution >= 0.6 is 0 Å². The number of nitrogens with one attached hydrogen (secondary N) is 1. The molecule has 0 radical (unpaired) electrons. The molecule has 0 atom stereocenters. The van der Waals surface area contributed by atoms with Gasteiger partial charge in [0, 0.05) is 5.69 Å². The summed E-state index contributed by atoms with van der Waals surface area (Å²) < 4.78 is 1.43. The summed E-state index contributed by atoms with van der Waals surface area (Å²) in [5.41, 5.74) is 1.91. The van der Waals surface area contributed by atoms with Crippen LogP contribution in [0.2, 0.25) is 0 Å². The summed E-state index contributed by atoms with van der Waals surface area (Å²) in [6, 6.07) is 9.24. The highest BCUT2D eigenvalue weighted by molar-refractivity contribution is 5.99. The first kappa shape index (κ1) is 11.2. The minimum Gasteiger partial charge on any atom is -0.411 e. The Kier molecular flexibility index (Phi) is 2.82. The van der Waals surface area contributed by atoms with E-state index < -0.39 is 0 Å². The van der Waals surface area contributed by atoms with Crippen molar-refractivity contribution in [1.82, 2.24) is 9.78 Å². The maximum atomic E-state index is 12.1. The summed E-state index contributed by atoms with van der Waals surface area (Å²) >= 11 is 0. The Morgan fingerprint density at radius 3 is 2.59 bits per heavy atom. The molecule has 0 amide bonds. The first-order valence-corrected chi connectivity index (χ1v) is 5.21. The highest BCUT2D eigenvalue weighted by Crippen LogP contribution is 2.07. The average Bonchev–Trinajstić information content (AvgIpc) is 2.65. The highest BCUT2D eigenvalue weighted by Gasteiger charge is 2.14. The van der Waals surface area contributed by atoms with E-state index in [0.717, 1.165) is 5.69 Å². The number of nitrogens with zero attached hydrogens (tertiary/aromatic N) is 2. The number of aromatic amines is 1. The first-order chi connectivity index (χ1) is 8.15. The van der Waals surface area contributed by atoms with Crippen LogP contribution in [0.15, 0.2) is 40.3 Å². The standard InChI is InChI=1S/C12H13N3O2/c1-8-11(9(2)14-17)12(16)15(13-8)10-6-4-3-5-7-10/h3-7,13,17H,1-2H3/b14-9-. The summed E-state index contributed by atoms with van der Waals surface area (Å²) in [5.74, 6) is 0. The van der Waals surface area contributed by atoms with Gasteiger partial charge >= 0.3 is 0 Å². The van der Waals surface area contributed by atoms with Crippen LogP contribution in [0.25, 0.3) is 5.69 Å². The molecule has 0 saturated heterocycles. The van der Waals surface area contributed by atoms with Gasteiger partial charge in [-0.15, -0.1) is 0 Å². The van der Waals surface area contributed by atoms with Crippen molar-refractivity contribution in [3.05, 3.63) is 51.9 Å². The second kappa shape index (κ2) is 4.29.